The maximum Gasteiger partial charge on any atom is 0.242 e. The monoisotopic (exact) mass is 320 g/mol. The van der Waals surface area contributed by atoms with Crippen LogP contribution in [0.2, 0.25) is 0 Å². The molecule has 0 atom stereocenters. The van der Waals surface area contributed by atoms with E-state index in [-0.39, 0.29) is 6.42 Å². The van der Waals surface area contributed by atoms with E-state index in [1.807, 2.05) is 6.08 Å². The standard InChI is InChI=1S/C21H30F2/c1-2-17-9-13-19(14-10-17)20-15-11-18(12-16-20)7-5-3-4-6-8-21(22)23/h4,6,9-10,13-14,18,20-21H,2-3,5,7-8,11-12,15-16H2,1H3. The number of alkyl halides is 2. The molecule has 0 saturated heterocycles. The molecule has 1 aromatic rings. The average Bonchev–Trinajstić information content (AvgIpc) is 2.58. The summed E-state index contributed by atoms with van der Waals surface area (Å²) in [5, 5.41) is 0. The Balaban J connectivity index is 1.64. The average molecular weight is 320 g/mol. The fourth-order valence-electron chi connectivity index (χ4n) is 3.65. The normalized spacial score (nSPS) is 22.1. The summed E-state index contributed by atoms with van der Waals surface area (Å²) in [4.78, 5) is 0. The Kier molecular flexibility index (Phi) is 7.78. The van der Waals surface area contributed by atoms with Crippen LogP contribution in [0.3, 0.4) is 0 Å². The molecule has 2 rings (SSSR count). The zero-order valence-electron chi connectivity index (χ0n) is 14.3. The molecule has 1 aliphatic rings. The van der Waals surface area contributed by atoms with Gasteiger partial charge in [0.15, 0.2) is 0 Å². The van der Waals surface area contributed by atoms with Gasteiger partial charge in [-0.1, -0.05) is 49.8 Å². The number of aryl methyl sites for hydroxylation is 1. The van der Waals surface area contributed by atoms with Crippen molar-refractivity contribution in [1.82, 2.24) is 0 Å². The van der Waals surface area contributed by atoms with Gasteiger partial charge in [-0.05, 0) is 67.9 Å². The summed E-state index contributed by atoms with van der Waals surface area (Å²) < 4.78 is 24.0. The van der Waals surface area contributed by atoms with Crippen LogP contribution < -0.4 is 0 Å². The molecular weight excluding hydrogens is 290 g/mol. The number of unbranched alkanes of at least 4 members (excludes halogenated alkanes) is 1. The van der Waals surface area contributed by atoms with Crippen LogP contribution in [-0.2, 0) is 6.42 Å². The summed E-state index contributed by atoms with van der Waals surface area (Å²) in [6.07, 6.45) is 10.9. The van der Waals surface area contributed by atoms with Crippen LogP contribution in [0.4, 0.5) is 8.78 Å². The third-order valence-electron chi connectivity index (χ3n) is 5.17. The molecule has 1 saturated carbocycles. The number of allylic oxidation sites excluding steroid dienone is 2. The van der Waals surface area contributed by atoms with E-state index < -0.39 is 6.43 Å². The van der Waals surface area contributed by atoms with E-state index in [1.165, 1.54) is 43.2 Å². The van der Waals surface area contributed by atoms with Crippen molar-refractivity contribution in [1.29, 1.82) is 0 Å². The topological polar surface area (TPSA) is 0 Å². The van der Waals surface area contributed by atoms with E-state index in [4.69, 9.17) is 0 Å². The first kappa shape index (κ1) is 18.2. The molecule has 0 radical (unpaired) electrons. The highest BCUT2D eigenvalue weighted by atomic mass is 19.3. The summed E-state index contributed by atoms with van der Waals surface area (Å²) in [7, 11) is 0. The fourth-order valence-corrected chi connectivity index (χ4v) is 3.65. The lowest BCUT2D eigenvalue weighted by atomic mass is 9.77. The second-order valence-corrected chi connectivity index (χ2v) is 6.84. The van der Waals surface area contributed by atoms with Gasteiger partial charge in [-0.2, -0.15) is 0 Å². The van der Waals surface area contributed by atoms with Gasteiger partial charge in [0.05, 0.1) is 0 Å². The summed E-state index contributed by atoms with van der Waals surface area (Å²) in [6.45, 7) is 2.20. The van der Waals surface area contributed by atoms with E-state index in [0.29, 0.717) is 0 Å². The van der Waals surface area contributed by atoms with Gasteiger partial charge in [-0.3, -0.25) is 0 Å². The van der Waals surface area contributed by atoms with Crippen LogP contribution in [0.15, 0.2) is 36.4 Å². The molecular formula is C21H30F2. The second-order valence-electron chi connectivity index (χ2n) is 6.84. The van der Waals surface area contributed by atoms with Crippen molar-refractivity contribution in [3.63, 3.8) is 0 Å². The van der Waals surface area contributed by atoms with E-state index in [0.717, 1.165) is 31.1 Å². The number of rotatable bonds is 8. The van der Waals surface area contributed by atoms with Crippen molar-refractivity contribution >= 4 is 0 Å². The van der Waals surface area contributed by atoms with Crippen LogP contribution in [0.5, 0.6) is 0 Å². The van der Waals surface area contributed by atoms with Gasteiger partial charge < -0.3 is 0 Å². The molecule has 128 valence electrons. The van der Waals surface area contributed by atoms with E-state index in [9.17, 15) is 8.78 Å². The predicted molar refractivity (Wildman–Crippen MR) is 94.1 cm³/mol. The largest absolute Gasteiger partial charge is 0.242 e. The van der Waals surface area contributed by atoms with Gasteiger partial charge in [-0.15, -0.1) is 0 Å². The highest BCUT2D eigenvalue weighted by Crippen LogP contribution is 2.37. The molecule has 0 amide bonds. The van der Waals surface area contributed by atoms with E-state index in [1.54, 1.807) is 6.08 Å². The lowest BCUT2D eigenvalue weighted by Crippen LogP contribution is -2.13. The van der Waals surface area contributed by atoms with Crippen molar-refractivity contribution in [3.8, 4) is 0 Å². The molecule has 1 fully saturated rings. The third-order valence-corrected chi connectivity index (χ3v) is 5.17. The summed E-state index contributed by atoms with van der Waals surface area (Å²) in [6, 6.07) is 9.18. The van der Waals surface area contributed by atoms with Gasteiger partial charge >= 0.3 is 0 Å². The van der Waals surface area contributed by atoms with Gasteiger partial charge in [0.1, 0.15) is 0 Å². The van der Waals surface area contributed by atoms with Crippen LogP contribution in [-0.4, -0.2) is 6.43 Å². The Hall–Kier alpha value is -1.18. The molecule has 1 aromatic carbocycles. The minimum atomic E-state index is -2.20. The fraction of sp³-hybridized carbons (Fsp3) is 0.619. The first-order valence-corrected chi connectivity index (χ1v) is 9.21. The van der Waals surface area contributed by atoms with Crippen LogP contribution in [0, 0.1) is 5.92 Å². The quantitative estimate of drug-likeness (QED) is 0.361. The predicted octanol–water partition coefficient (Wildman–Crippen LogP) is 6.90. The van der Waals surface area contributed by atoms with E-state index >= 15 is 0 Å². The van der Waals surface area contributed by atoms with Crippen molar-refractivity contribution < 1.29 is 8.78 Å². The summed E-state index contributed by atoms with van der Waals surface area (Å²) in [5.74, 6) is 1.58. The molecule has 23 heavy (non-hydrogen) atoms. The maximum absolute atomic E-state index is 12.0. The molecule has 0 aromatic heterocycles. The number of hydrogen-bond acceptors (Lipinski definition) is 0. The Morgan fingerprint density at radius 1 is 1.04 bits per heavy atom. The highest BCUT2D eigenvalue weighted by Gasteiger charge is 2.21. The van der Waals surface area contributed by atoms with Gasteiger partial charge in [-0.25, -0.2) is 8.78 Å². The Morgan fingerprint density at radius 2 is 1.74 bits per heavy atom. The lowest BCUT2D eigenvalue weighted by molar-refractivity contribution is 0.152. The lowest BCUT2D eigenvalue weighted by Gasteiger charge is -2.29. The van der Waals surface area contributed by atoms with Gasteiger partial charge in [0, 0.05) is 6.42 Å². The smallest absolute Gasteiger partial charge is 0.210 e. The molecule has 2 heteroatoms. The van der Waals surface area contributed by atoms with Gasteiger partial charge in [0.25, 0.3) is 0 Å². The van der Waals surface area contributed by atoms with Gasteiger partial charge in [0.2, 0.25) is 6.43 Å². The number of benzene rings is 1. The van der Waals surface area contributed by atoms with Crippen LogP contribution in [0.1, 0.15) is 75.3 Å². The Morgan fingerprint density at radius 3 is 2.35 bits per heavy atom. The minimum absolute atomic E-state index is 0.0953. The molecule has 1 aliphatic carbocycles. The number of hydrogen-bond donors (Lipinski definition) is 0. The Bertz CT molecular complexity index is 453. The molecule has 0 aliphatic heterocycles. The zero-order chi connectivity index (χ0) is 16.5. The van der Waals surface area contributed by atoms with Crippen molar-refractivity contribution in [3.05, 3.63) is 47.5 Å². The number of halogens is 2. The van der Waals surface area contributed by atoms with Crippen molar-refractivity contribution in [2.24, 2.45) is 5.92 Å². The van der Waals surface area contributed by atoms with Crippen molar-refractivity contribution in [2.75, 3.05) is 0 Å². The second kappa shape index (κ2) is 9.85. The zero-order valence-corrected chi connectivity index (χ0v) is 14.3. The van der Waals surface area contributed by atoms with Crippen LogP contribution in [0.25, 0.3) is 0 Å². The summed E-state index contributed by atoms with van der Waals surface area (Å²) >= 11 is 0. The first-order valence-electron chi connectivity index (χ1n) is 9.21. The first-order chi connectivity index (χ1) is 11.2. The Labute approximate surface area is 140 Å². The molecule has 0 N–H and O–H groups in total. The van der Waals surface area contributed by atoms with Crippen molar-refractivity contribution in [2.45, 2.75) is 77.1 Å². The third kappa shape index (κ3) is 6.45. The SMILES string of the molecule is CCc1ccc(C2CCC(CCCC=CCC(F)F)CC2)cc1. The van der Waals surface area contributed by atoms with E-state index in [2.05, 4.69) is 31.2 Å². The molecule has 0 spiro atoms. The molecule has 0 nitrogen and oxygen atoms in total. The molecule has 0 bridgehead atoms. The van der Waals surface area contributed by atoms with Crippen LogP contribution >= 0.6 is 0 Å². The molecule has 0 unspecified atom stereocenters. The minimum Gasteiger partial charge on any atom is -0.210 e. The highest BCUT2D eigenvalue weighted by molar-refractivity contribution is 5.25. The summed E-state index contributed by atoms with van der Waals surface area (Å²) in [5.41, 5.74) is 2.93. The molecule has 0 heterocycles. The maximum atomic E-state index is 12.0.